The summed E-state index contributed by atoms with van der Waals surface area (Å²) >= 11 is 0. The van der Waals surface area contributed by atoms with Gasteiger partial charge in [0.05, 0.1) is 0 Å². The predicted molar refractivity (Wildman–Crippen MR) is 60.0 cm³/mol. The van der Waals surface area contributed by atoms with E-state index >= 15 is 0 Å². The summed E-state index contributed by atoms with van der Waals surface area (Å²) in [5, 5.41) is 5.44. The summed E-state index contributed by atoms with van der Waals surface area (Å²) in [5.74, 6) is -0.949. The molecule has 1 saturated heterocycles. The van der Waals surface area contributed by atoms with E-state index in [1.165, 1.54) is 17.7 Å². The Balaban J connectivity index is 1.83. The second-order valence-corrected chi connectivity index (χ2v) is 4.59. The molecule has 2 N–H and O–H groups in total. The van der Waals surface area contributed by atoms with Gasteiger partial charge < -0.3 is 10.2 Å². The Bertz CT molecular complexity index is 352. The van der Waals surface area contributed by atoms with Crippen molar-refractivity contribution in [3.8, 4) is 0 Å². The third-order valence-electron chi connectivity index (χ3n) is 3.09. The Morgan fingerprint density at radius 2 is 2.18 bits per heavy atom. The maximum absolute atomic E-state index is 11.9. The zero-order valence-corrected chi connectivity index (χ0v) is 9.86. The first-order chi connectivity index (χ1) is 8.08. The standard InChI is InChI=1S/C11H17N3O3/c1-7-11(17)13-9(15)6-14(7)10(16)4-5-12-8-2-3-8/h7-8,12H,2-6H2,1H3,(H,13,15,17). The van der Waals surface area contributed by atoms with Gasteiger partial charge in [-0.05, 0) is 19.8 Å². The first-order valence-electron chi connectivity index (χ1n) is 5.94. The molecular formula is C11H17N3O3. The Hall–Kier alpha value is -1.43. The number of imide groups is 1. The van der Waals surface area contributed by atoms with Gasteiger partial charge in [-0.1, -0.05) is 0 Å². The van der Waals surface area contributed by atoms with Crippen molar-refractivity contribution in [2.75, 3.05) is 13.1 Å². The zero-order valence-electron chi connectivity index (χ0n) is 9.86. The minimum absolute atomic E-state index is 0.0187. The van der Waals surface area contributed by atoms with Crippen LogP contribution >= 0.6 is 0 Å². The molecule has 94 valence electrons. The fraction of sp³-hybridized carbons (Fsp3) is 0.727. The van der Waals surface area contributed by atoms with Crippen LogP contribution in [0.2, 0.25) is 0 Å². The van der Waals surface area contributed by atoms with Gasteiger partial charge >= 0.3 is 0 Å². The summed E-state index contributed by atoms with van der Waals surface area (Å²) in [6.07, 6.45) is 2.69. The lowest BCUT2D eigenvalue weighted by molar-refractivity contribution is -0.149. The molecule has 0 aromatic heterocycles. The van der Waals surface area contributed by atoms with Crippen molar-refractivity contribution < 1.29 is 14.4 Å². The van der Waals surface area contributed by atoms with Crippen LogP contribution in [0.5, 0.6) is 0 Å². The van der Waals surface area contributed by atoms with Crippen molar-refractivity contribution in [2.24, 2.45) is 0 Å². The molecular weight excluding hydrogens is 222 g/mol. The number of rotatable bonds is 4. The molecule has 2 aliphatic rings. The SMILES string of the molecule is CC1C(=O)NC(=O)CN1C(=O)CCNC1CC1. The quantitative estimate of drug-likeness (QED) is 0.617. The maximum atomic E-state index is 11.9. The van der Waals surface area contributed by atoms with Gasteiger partial charge in [0, 0.05) is 19.0 Å². The molecule has 1 aliphatic heterocycles. The Morgan fingerprint density at radius 1 is 1.47 bits per heavy atom. The van der Waals surface area contributed by atoms with Crippen LogP contribution < -0.4 is 10.6 Å². The zero-order chi connectivity index (χ0) is 12.4. The lowest BCUT2D eigenvalue weighted by Crippen LogP contribution is -2.58. The van der Waals surface area contributed by atoms with Crippen LogP contribution in [0.15, 0.2) is 0 Å². The van der Waals surface area contributed by atoms with Crippen LogP contribution in [0.25, 0.3) is 0 Å². The third-order valence-corrected chi connectivity index (χ3v) is 3.09. The summed E-state index contributed by atoms with van der Waals surface area (Å²) < 4.78 is 0. The van der Waals surface area contributed by atoms with Crippen LogP contribution in [-0.2, 0) is 14.4 Å². The van der Waals surface area contributed by atoms with Crippen molar-refractivity contribution in [3.05, 3.63) is 0 Å². The van der Waals surface area contributed by atoms with Gasteiger partial charge in [-0.25, -0.2) is 0 Å². The van der Waals surface area contributed by atoms with Crippen molar-refractivity contribution >= 4 is 17.7 Å². The van der Waals surface area contributed by atoms with Crippen LogP contribution in [0, 0.1) is 0 Å². The molecule has 0 radical (unpaired) electrons. The Morgan fingerprint density at radius 3 is 2.82 bits per heavy atom. The lowest BCUT2D eigenvalue weighted by atomic mass is 10.2. The highest BCUT2D eigenvalue weighted by Gasteiger charge is 2.33. The average Bonchev–Trinajstić information content (AvgIpc) is 3.07. The largest absolute Gasteiger partial charge is 0.322 e. The van der Waals surface area contributed by atoms with Crippen LogP contribution in [0.4, 0.5) is 0 Å². The molecule has 0 aromatic carbocycles. The monoisotopic (exact) mass is 239 g/mol. The van der Waals surface area contributed by atoms with Crippen LogP contribution in [0.1, 0.15) is 26.2 Å². The highest BCUT2D eigenvalue weighted by Crippen LogP contribution is 2.18. The Labute approximate surface area is 99.7 Å². The molecule has 1 aliphatic carbocycles. The molecule has 2 fully saturated rings. The van der Waals surface area contributed by atoms with Gasteiger partial charge in [0.15, 0.2) is 0 Å². The number of hydrogen-bond donors (Lipinski definition) is 2. The van der Waals surface area contributed by atoms with Crippen LogP contribution in [-0.4, -0.2) is 47.8 Å². The van der Waals surface area contributed by atoms with Gasteiger partial charge in [-0.15, -0.1) is 0 Å². The number of piperazine rings is 1. The van der Waals surface area contributed by atoms with E-state index in [2.05, 4.69) is 10.6 Å². The van der Waals surface area contributed by atoms with Crippen LogP contribution in [0.3, 0.4) is 0 Å². The molecule has 1 atom stereocenters. The molecule has 2 rings (SSSR count). The molecule has 1 saturated carbocycles. The van der Waals surface area contributed by atoms with Crippen molar-refractivity contribution in [3.63, 3.8) is 0 Å². The first-order valence-corrected chi connectivity index (χ1v) is 5.94. The number of amides is 3. The molecule has 0 aromatic rings. The molecule has 0 spiro atoms. The second-order valence-electron chi connectivity index (χ2n) is 4.59. The highest BCUT2D eigenvalue weighted by atomic mass is 16.2. The van der Waals surface area contributed by atoms with Crippen molar-refractivity contribution in [2.45, 2.75) is 38.3 Å². The number of carbonyl (C=O) groups excluding carboxylic acids is 3. The van der Waals surface area contributed by atoms with Crippen molar-refractivity contribution in [1.82, 2.24) is 15.5 Å². The summed E-state index contributed by atoms with van der Waals surface area (Å²) in [5.41, 5.74) is 0. The fourth-order valence-electron chi connectivity index (χ4n) is 1.83. The van der Waals surface area contributed by atoms with Gasteiger partial charge in [0.2, 0.25) is 17.7 Å². The second kappa shape index (κ2) is 4.83. The van der Waals surface area contributed by atoms with E-state index in [4.69, 9.17) is 0 Å². The molecule has 1 unspecified atom stereocenters. The Kier molecular flexibility index (Phi) is 3.42. The number of nitrogens with one attached hydrogen (secondary N) is 2. The summed E-state index contributed by atoms with van der Waals surface area (Å²) in [6.45, 7) is 2.23. The molecule has 3 amide bonds. The predicted octanol–water partition coefficient (Wildman–Crippen LogP) is -0.998. The minimum atomic E-state index is -0.555. The third kappa shape index (κ3) is 3.03. The average molecular weight is 239 g/mol. The number of nitrogens with zero attached hydrogens (tertiary/aromatic N) is 1. The maximum Gasteiger partial charge on any atom is 0.249 e. The topological polar surface area (TPSA) is 78.5 Å². The molecule has 6 heteroatoms. The van der Waals surface area contributed by atoms with E-state index in [1.807, 2.05) is 0 Å². The summed E-state index contributed by atoms with van der Waals surface area (Å²) in [4.78, 5) is 35.8. The molecule has 6 nitrogen and oxygen atoms in total. The van der Waals surface area contributed by atoms with Gasteiger partial charge in [-0.3, -0.25) is 19.7 Å². The van der Waals surface area contributed by atoms with Gasteiger partial charge in [-0.2, -0.15) is 0 Å². The number of carbonyl (C=O) groups is 3. The lowest BCUT2D eigenvalue weighted by Gasteiger charge is -2.31. The van der Waals surface area contributed by atoms with E-state index in [9.17, 15) is 14.4 Å². The minimum Gasteiger partial charge on any atom is -0.322 e. The van der Waals surface area contributed by atoms with E-state index < -0.39 is 17.9 Å². The van der Waals surface area contributed by atoms with E-state index in [-0.39, 0.29) is 12.5 Å². The normalized spacial score (nSPS) is 24.8. The number of hydrogen-bond acceptors (Lipinski definition) is 4. The summed E-state index contributed by atoms with van der Waals surface area (Å²) in [6, 6.07) is 0.00707. The molecule has 1 heterocycles. The van der Waals surface area contributed by atoms with Gasteiger partial charge in [0.25, 0.3) is 0 Å². The fourth-order valence-corrected chi connectivity index (χ4v) is 1.83. The van der Waals surface area contributed by atoms with Crippen molar-refractivity contribution in [1.29, 1.82) is 0 Å². The molecule has 0 bridgehead atoms. The van der Waals surface area contributed by atoms with E-state index in [0.717, 1.165) is 0 Å². The summed E-state index contributed by atoms with van der Waals surface area (Å²) in [7, 11) is 0. The highest BCUT2D eigenvalue weighted by molar-refractivity contribution is 6.04. The molecule has 17 heavy (non-hydrogen) atoms. The van der Waals surface area contributed by atoms with Gasteiger partial charge in [0.1, 0.15) is 12.6 Å². The smallest absolute Gasteiger partial charge is 0.249 e. The van der Waals surface area contributed by atoms with E-state index in [1.54, 1.807) is 6.92 Å². The first kappa shape index (κ1) is 12.0. The van der Waals surface area contributed by atoms with E-state index in [0.29, 0.717) is 19.0 Å².